The summed E-state index contributed by atoms with van der Waals surface area (Å²) in [7, 11) is -8.77. The molecule has 2 aliphatic rings. The van der Waals surface area contributed by atoms with Crippen LogP contribution in [0.1, 0.15) is 13.2 Å². The third-order valence-corrected chi connectivity index (χ3v) is 9.52. The van der Waals surface area contributed by atoms with Crippen molar-refractivity contribution in [3.05, 3.63) is 33.1 Å². The molecule has 1 aromatic rings. The lowest BCUT2D eigenvalue weighted by Gasteiger charge is -2.41. The Morgan fingerprint density at radius 3 is 2.26 bits per heavy atom. The number of nitrogens with one attached hydrogen (secondary N) is 1. The molecule has 0 saturated carbocycles. The monoisotopic (exact) mass is 592 g/mol. The lowest BCUT2D eigenvalue weighted by molar-refractivity contribution is -0.258. The van der Waals surface area contributed by atoms with E-state index in [1.165, 1.54) is 6.92 Å². The van der Waals surface area contributed by atoms with Gasteiger partial charge in [0.1, 0.15) is 36.9 Å². The first-order valence-corrected chi connectivity index (χ1v) is 14.3. The molecule has 20 heteroatoms. The number of hydrogen-bond donors (Lipinski definition) is 7. The fourth-order valence-corrected chi connectivity index (χ4v) is 6.82. The Kier molecular flexibility index (Phi) is 10.2. The van der Waals surface area contributed by atoms with Gasteiger partial charge >= 0.3 is 21.1 Å². The van der Waals surface area contributed by atoms with E-state index in [9.17, 15) is 49.4 Å². The van der Waals surface area contributed by atoms with Crippen LogP contribution in [0.15, 0.2) is 21.9 Å². The summed E-state index contributed by atoms with van der Waals surface area (Å²) in [4.78, 5) is 25.2. The van der Waals surface area contributed by atoms with Crippen molar-refractivity contribution in [2.75, 3.05) is 26.7 Å². The lowest BCUT2D eigenvalue weighted by Crippen LogP contribution is -2.55. The van der Waals surface area contributed by atoms with E-state index < -0.39 is 101 Å². The highest BCUT2D eigenvalue weighted by atomic mass is 31.3. The van der Waals surface area contributed by atoms with E-state index in [1.54, 1.807) is 0 Å². The summed E-state index contributed by atoms with van der Waals surface area (Å²) in [6, 6.07) is 0.979. The Balaban J connectivity index is 1.69. The Hall–Kier alpha value is -1.34. The molecule has 0 radical (unpaired) electrons. The van der Waals surface area contributed by atoms with Crippen LogP contribution < -0.4 is 11.2 Å². The van der Waals surface area contributed by atoms with Crippen LogP contribution >= 0.6 is 15.4 Å². The summed E-state index contributed by atoms with van der Waals surface area (Å²) < 4.78 is 57.3. The number of aromatic amines is 1. The second-order valence-electron chi connectivity index (χ2n) is 8.49. The van der Waals surface area contributed by atoms with Crippen molar-refractivity contribution < 1.29 is 67.1 Å². The minimum absolute atomic E-state index is 0.710. The number of aromatic nitrogens is 2. The van der Waals surface area contributed by atoms with Crippen molar-refractivity contribution in [3.63, 3.8) is 0 Å². The van der Waals surface area contributed by atoms with Crippen molar-refractivity contribution in [2.45, 2.75) is 56.1 Å². The van der Waals surface area contributed by atoms with Crippen LogP contribution in [0.3, 0.4) is 0 Å². The van der Waals surface area contributed by atoms with Crippen LogP contribution in [0.2, 0.25) is 0 Å². The maximum atomic E-state index is 13.1. The van der Waals surface area contributed by atoms with Crippen LogP contribution in [0.5, 0.6) is 0 Å². The molecule has 2 aliphatic heterocycles. The second-order valence-corrected chi connectivity index (χ2v) is 12.4. The molecule has 0 amide bonds. The molecule has 3 heterocycles. The van der Waals surface area contributed by atoms with Crippen LogP contribution in [0.4, 0.5) is 0 Å². The number of phosphoric acid groups is 1. The maximum absolute atomic E-state index is 13.1. The molecule has 18 nitrogen and oxygen atoms in total. The van der Waals surface area contributed by atoms with Gasteiger partial charge in [0.2, 0.25) is 0 Å². The van der Waals surface area contributed by atoms with Gasteiger partial charge in [-0.2, -0.15) is 0 Å². The van der Waals surface area contributed by atoms with Gasteiger partial charge < -0.3 is 40.1 Å². The van der Waals surface area contributed by atoms with Crippen molar-refractivity contribution in [1.82, 2.24) is 9.55 Å². The smallest absolute Gasteiger partial charge is 0.394 e. The zero-order valence-electron chi connectivity index (χ0n) is 20.1. The van der Waals surface area contributed by atoms with Gasteiger partial charge in [-0.25, -0.2) is 13.7 Å². The first kappa shape index (κ1) is 31.2. The predicted octanol–water partition coefficient (Wildman–Crippen LogP) is -2.82. The third-order valence-electron chi connectivity index (χ3n) is 5.93. The number of nitrogens with zero attached hydrogens (tertiary/aromatic N) is 1. The van der Waals surface area contributed by atoms with Crippen molar-refractivity contribution >= 4 is 15.4 Å². The molecule has 0 aromatic carbocycles. The summed E-state index contributed by atoms with van der Waals surface area (Å²) in [6.45, 7) is -0.206. The molecule has 2 fully saturated rings. The highest BCUT2D eigenvalue weighted by Crippen LogP contribution is 2.65. The molecular formula is C18H30N2O16P2. The molecule has 1 aromatic heterocycles. The SMILES string of the molecule is COP(=O)(OCC1OC(n2ccc(=O)[nH]c2=O)C(O)C1O)OP(=O)(CO)OC1OC(CO)C(O)C(O)C1C. The summed E-state index contributed by atoms with van der Waals surface area (Å²) in [5.74, 6) is -1.05. The van der Waals surface area contributed by atoms with Gasteiger partial charge in [0.25, 0.3) is 5.56 Å². The molecule has 11 atom stereocenters. The number of rotatable bonds is 11. The Morgan fingerprint density at radius 2 is 1.68 bits per heavy atom. The van der Waals surface area contributed by atoms with E-state index in [0.29, 0.717) is 0 Å². The van der Waals surface area contributed by atoms with E-state index in [0.717, 1.165) is 23.9 Å². The van der Waals surface area contributed by atoms with Gasteiger partial charge in [-0.3, -0.25) is 32.5 Å². The predicted molar refractivity (Wildman–Crippen MR) is 122 cm³/mol. The Labute approximate surface area is 214 Å². The summed E-state index contributed by atoms with van der Waals surface area (Å²) in [5.41, 5.74) is -1.65. The van der Waals surface area contributed by atoms with Gasteiger partial charge in [0, 0.05) is 25.3 Å². The van der Waals surface area contributed by atoms with Gasteiger partial charge in [0.05, 0.1) is 19.3 Å². The zero-order valence-corrected chi connectivity index (χ0v) is 21.9. The minimum atomic E-state index is -4.84. The van der Waals surface area contributed by atoms with Crippen molar-refractivity contribution in [2.24, 2.45) is 5.92 Å². The standard InChI is InChI=1S/C18H30N2O16P2/c1-8-12(24)13(25)9(5-21)34-17(8)35-37(29,7-22)36-38(30,31-2)32-6-10-14(26)15(27)16(33-10)20-4-3-11(23)19-18(20)28/h3-4,8-10,12-17,21-22,24-27H,5-7H2,1-2H3,(H,19,23,28). The maximum Gasteiger partial charge on any atom is 0.481 e. The third kappa shape index (κ3) is 6.68. The average Bonchev–Trinajstić information content (AvgIpc) is 3.16. The summed E-state index contributed by atoms with van der Waals surface area (Å²) in [5, 5.41) is 59.6. The number of ether oxygens (including phenoxy) is 2. The lowest BCUT2D eigenvalue weighted by atomic mass is 9.93. The fourth-order valence-electron chi connectivity index (χ4n) is 3.73. The van der Waals surface area contributed by atoms with Gasteiger partial charge in [-0.05, 0) is 0 Å². The van der Waals surface area contributed by atoms with Crippen molar-refractivity contribution in [1.29, 1.82) is 0 Å². The normalized spacial score (nSPS) is 37.0. The van der Waals surface area contributed by atoms with E-state index in [2.05, 4.69) is 4.52 Å². The Bertz CT molecular complexity index is 1160. The summed E-state index contributed by atoms with van der Waals surface area (Å²) >= 11 is 0. The molecule has 11 unspecified atom stereocenters. The average molecular weight is 592 g/mol. The van der Waals surface area contributed by atoms with Gasteiger partial charge in [-0.15, -0.1) is 0 Å². The topological polar surface area (TPSA) is 266 Å². The number of aliphatic hydroxyl groups is 6. The Morgan fingerprint density at radius 1 is 1.03 bits per heavy atom. The minimum Gasteiger partial charge on any atom is -0.394 e. The number of aliphatic hydroxyl groups excluding tert-OH is 6. The largest absolute Gasteiger partial charge is 0.481 e. The molecule has 3 rings (SSSR count). The molecule has 7 N–H and O–H groups in total. The number of hydrogen-bond acceptors (Lipinski definition) is 16. The number of phosphoric ester groups is 1. The molecule has 0 aliphatic carbocycles. The van der Waals surface area contributed by atoms with Crippen LogP contribution in [-0.2, 0) is 36.5 Å². The van der Waals surface area contributed by atoms with E-state index in [1.807, 2.05) is 4.98 Å². The van der Waals surface area contributed by atoms with E-state index in [-0.39, 0.29) is 0 Å². The van der Waals surface area contributed by atoms with Gasteiger partial charge in [0.15, 0.2) is 12.5 Å². The molecular weight excluding hydrogens is 562 g/mol. The molecule has 2 saturated heterocycles. The van der Waals surface area contributed by atoms with Gasteiger partial charge in [-0.1, -0.05) is 6.92 Å². The number of H-pyrrole nitrogens is 1. The van der Waals surface area contributed by atoms with Crippen molar-refractivity contribution in [3.8, 4) is 0 Å². The molecule has 0 spiro atoms. The first-order valence-electron chi connectivity index (χ1n) is 11.1. The molecule has 0 bridgehead atoms. The molecule has 218 valence electrons. The highest BCUT2D eigenvalue weighted by Gasteiger charge is 2.49. The second kappa shape index (κ2) is 12.4. The van der Waals surface area contributed by atoms with Crippen LogP contribution in [-0.4, -0.2) is 110 Å². The van der Waals surface area contributed by atoms with E-state index in [4.69, 9.17) is 22.8 Å². The van der Waals surface area contributed by atoms with Crippen LogP contribution in [0.25, 0.3) is 0 Å². The quantitative estimate of drug-likeness (QED) is 0.128. The highest BCUT2D eigenvalue weighted by molar-refractivity contribution is 7.64. The fraction of sp³-hybridized carbons (Fsp3) is 0.778. The van der Waals surface area contributed by atoms with E-state index >= 15 is 0 Å². The first-order chi connectivity index (χ1) is 17.8. The zero-order chi connectivity index (χ0) is 28.4. The summed E-state index contributed by atoms with van der Waals surface area (Å²) in [6.07, 6.45) is -12.5. The van der Waals surface area contributed by atoms with Crippen LogP contribution in [0, 0.1) is 5.92 Å². The molecule has 38 heavy (non-hydrogen) atoms.